The Morgan fingerprint density at radius 1 is 1.16 bits per heavy atom. The molecule has 6 heteroatoms. The maximum absolute atomic E-state index is 11.9. The van der Waals surface area contributed by atoms with Gasteiger partial charge in [0.05, 0.1) is 0 Å². The zero-order valence-electron chi connectivity index (χ0n) is 14.3. The van der Waals surface area contributed by atoms with Gasteiger partial charge in [-0.15, -0.1) is 12.4 Å². The van der Waals surface area contributed by atoms with E-state index in [4.69, 9.17) is 4.74 Å². The van der Waals surface area contributed by atoms with E-state index in [-0.39, 0.29) is 23.6 Å². The molecule has 1 unspecified atom stereocenters. The summed E-state index contributed by atoms with van der Waals surface area (Å²) in [6, 6.07) is 11.5. The highest BCUT2D eigenvalue weighted by Crippen LogP contribution is 2.55. The normalized spacial score (nSPS) is 19.3. The Kier molecular flexibility index (Phi) is 4.84. The van der Waals surface area contributed by atoms with Crippen molar-refractivity contribution >= 4 is 23.2 Å². The molecule has 1 N–H and O–H groups in total. The molecule has 2 aliphatic rings. The van der Waals surface area contributed by atoms with Gasteiger partial charge in [-0.3, -0.25) is 4.21 Å². The van der Waals surface area contributed by atoms with Crippen LogP contribution in [-0.2, 0) is 16.2 Å². The molecule has 25 heavy (non-hydrogen) atoms. The molecule has 0 amide bonds. The van der Waals surface area contributed by atoms with Gasteiger partial charge in [0.25, 0.3) is 0 Å². The fraction of sp³-hybridized carbons (Fsp3) is 0.368. The number of hydrogen-bond acceptors (Lipinski definition) is 4. The molecule has 2 aliphatic heterocycles. The Hall–Kier alpha value is -1.56. The Bertz CT molecular complexity index is 831. The lowest BCUT2D eigenvalue weighted by molar-refractivity contribution is 0.201. The largest absolute Gasteiger partial charge is 0.504 e. The second-order valence-corrected chi connectivity index (χ2v) is 8.13. The van der Waals surface area contributed by atoms with Gasteiger partial charge in [0, 0.05) is 38.5 Å². The molecule has 0 aromatic heterocycles. The first kappa shape index (κ1) is 18.2. The van der Waals surface area contributed by atoms with Crippen LogP contribution in [0.3, 0.4) is 0 Å². The first-order valence-electron chi connectivity index (χ1n) is 8.18. The van der Waals surface area contributed by atoms with Gasteiger partial charge in [0.1, 0.15) is 5.75 Å². The molecule has 1 fully saturated rings. The third-order valence-electron chi connectivity index (χ3n) is 5.36. The smallest absolute Gasteiger partial charge is 0.173 e. The number of piperidine rings is 1. The number of likely N-dealkylation sites (tertiary alicyclic amines) is 1. The van der Waals surface area contributed by atoms with Gasteiger partial charge < -0.3 is 14.7 Å². The topological polar surface area (TPSA) is 49.8 Å². The van der Waals surface area contributed by atoms with E-state index in [0.717, 1.165) is 47.7 Å². The number of para-hydroxylation sites is 1. The molecule has 0 radical (unpaired) electrons. The maximum Gasteiger partial charge on any atom is 0.173 e. The van der Waals surface area contributed by atoms with E-state index in [9.17, 15) is 9.32 Å². The molecular weight excluding hydrogens is 358 g/mol. The van der Waals surface area contributed by atoms with E-state index in [1.807, 2.05) is 18.2 Å². The maximum atomic E-state index is 11.9. The van der Waals surface area contributed by atoms with Crippen LogP contribution in [0.2, 0.25) is 0 Å². The molecule has 2 heterocycles. The van der Waals surface area contributed by atoms with Crippen molar-refractivity contribution in [1.82, 2.24) is 4.90 Å². The molecule has 1 atom stereocenters. The SMILES string of the molecule is CN1CCC2(CC1)c1ccc(S(C)=O)cc1Oc1c(O)cccc12.Cl. The number of ether oxygens (including phenoxy) is 1. The first-order valence-corrected chi connectivity index (χ1v) is 9.74. The van der Waals surface area contributed by atoms with Gasteiger partial charge in [0.15, 0.2) is 11.5 Å². The number of phenols is 1. The standard InChI is InChI=1S/C19H21NO3S.ClH/c1-20-10-8-19(9-11-20)14-7-6-13(24(2)22)12-17(14)23-18-15(19)4-3-5-16(18)21;/h3-7,12,21H,8-11H2,1-2H3;1H. The van der Waals surface area contributed by atoms with Crippen molar-refractivity contribution in [3.05, 3.63) is 47.5 Å². The van der Waals surface area contributed by atoms with Gasteiger partial charge in [-0.2, -0.15) is 0 Å². The van der Waals surface area contributed by atoms with Crippen LogP contribution < -0.4 is 4.74 Å². The van der Waals surface area contributed by atoms with Crippen molar-refractivity contribution in [2.24, 2.45) is 0 Å². The third-order valence-corrected chi connectivity index (χ3v) is 6.28. The molecule has 1 spiro atoms. The van der Waals surface area contributed by atoms with Gasteiger partial charge in [-0.1, -0.05) is 18.2 Å². The van der Waals surface area contributed by atoms with Gasteiger partial charge in [-0.25, -0.2) is 0 Å². The summed E-state index contributed by atoms with van der Waals surface area (Å²) in [5.74, 6) is 1.44. The van der Waals surface area contributed by atoms with Gasteiger partial charge in [0.2, 0.25) is 0 Å². The number of rotatable bonds is 1. The molecule has 0 saturated carbocycles. The summed E-state index contributed by atoms with van der Waals surface area (Å²) >= 11 is 0. The third kappa shape index (κ3) is 2.84. The summed E-state index contributed by atoms with van der Waals surface area (Å²) in [4.78, 5) is 3.08. The fourth-order valence-electron chi connectivity index (χ4n) is 3.96. The van der Waals surface area contributed by atoms with Crippen LogP contribution in [0.4, 0.5) is 0 Å². The minimum Gasteiger partial charge on any atom is -0.504 e. The molecule has 1 saturated heterocycles. The Morgan fingerprint density at radius 2 is 1.88 bits per heavy atom. The van der Waals surface area contributed by atoms with E-state index >= 15 is 0 Å². The molecule has 4 rings (SSSR count). The van der Waals surface area contributed by atoms with Crippen LogP contribution in [0.5, 0.6) is 17.2 Å². The molecule has 2 aromatic rings. The zero-order valence-corrected chi connectivity index (χ0v) is 16.0. The molecule has 0 aliphatic carbocycles. The monoisotopic (exact) mass is 379 g/mol. The van der Waals surface area contributed by atoms with Crippen LogP contribution in [0.1, 0.15) is 24.0 Å². The van der Waals surface area contributed by atoms with E-state index < -0.39 is 10.8 Å². The zero-order chi connectivity index (χ0) is 16.9. The predicted molar refractivity (Wildman–Crippen MR) is 102 cm³/mol. The Balaban J connectivity index is 0.00000182. The first-order chi connectivity index (χ1) is 11.5. The minimum absolute atomic E-state index is 0. The lowest BCUT2D eigenvalue weighted by Gasteiger charge is -2.45. The van der Waals surface area contributed by atoms with Crippen LogP contribution in [-0.4, -0.2) is 40.6 Å². The van der Waals surface area contributed by atoms with Crippen molar-refractivity contribution in [1.29, 1.82) is 0 Å². The van der Waals surface area contributed by atoms with E-state index in [1.54, 1.807) is 12.3 Å². The summed E-state index contributed by atoms with van der Waals surface area (Å²) in [5, 5.41) is 10.3. The number of aromatic hydroxyl groups is 1. The molecule has 2 aromatic carbocycles. The van der Waals surface area contributed by atoms with Crippen LogP contribution in [0.15, 0.2) is 41.3 Å². The summed E-state index contributed by atoms with van der Waals surface area (Å²) in [7, 11) is 1.08. The lowest BCUT2D eigenvalue weighted by atomic mass is 9.66. The highest BCUT2D eigenvalue weighted by molar-refractivity contribution is 7.84. The Labute approximate surface area is 156 Å². The van der Waals surface area contributed by atoms with E-state index in [2.05, 4.69) is 24.1 Å². The fourth-order valence-corrected chi connectivity index (χ4v) is 4.50. The van der Waals surface area contributed by atoms with Crippen molar-refractivity contribution in [2.75, 3.05) is 26.4 Å². The second-order valence-electron chi connectivity index (χ2n) is 6.75. The van der Waals surface area contributed by atoms with Gasteiger partial charge >= 0.3 is 0 Å². The number of fused-ring (bicyclic) bond motifs is 4. The minimum atomic E-state index is -1.06. The number of halogens is 1. The van der Waals surface area contributed by atoms with E-state index in [1.165, 1.54) is 0 Å². The van der Waals surface area contributed by atoms with Crippen molar-refractivity contribution in [3.63, 3.8) is 0 Å². The molecular formula is C19H22ClNO3S. The highest BCUT2D eigenvalue weighted by atomic mass is 35.5. The average Bonchev–Trinajstić information content (AvgIpc) is 2.58. The molecule has 0 bridgehead atoms. The van der Waals surface area contributed by atoms with Crippen LogP contribution >= 0.6 is 12.4 Å². The quantitative estimate of drug-likeness (QED) is 0.821. The second kappa shape index (κ2) is 6.63. The molecule has 134 valence electrons. The predicted octanol–water partition coefficient (Wildman–Crippen LogP) is 3.67. The van der Waals surface area contributed by atoms with Crippen molar-refractivity contribution in [3.8, 4) is 17.2 Å². The molecule has 4 nitrogen and oxygen atoms in total. The van der Waals surface area contributed by atoms with Crippen molar-refractivity contribution < 1.29 is 14.1 Å². The van der Waals surface area contributed by atoms with Crippen molar-refractivity contribution in [2.45, 2.75) is 23.2 Å². The van der Waals surface area contributed by atoms with Gasteiger partial charge in [-0.05, 0) is 51.2 Å². The Morgan fingerprint density at radius 3 is 2.56 bits per heavy atom. The summed E-state index contributed by atoms with van der Waals surface area (Å²) in [6.45, 7) is 1.99. The number of nitrogens with zero attached hydrogens (tertiary/aromatic N) is 1. The number of hydrogen-bond donors (Lipinski definition) is 1. The number of benzene rings is 2. The summed E-state index contributed by atoms with van der Waals surface area (Å²) in [5.41, 5.74) is 2.05. The summed E-state index contributed by atoms with van der Waals surface area (Å²) in [6.07, 6.45) is 3.62. The number of phenolic OH excluding ortho intramolecular Hbond substituents is 1. The summed E-state index contributed by atoms with van der Waals surface area (Å²) < 4.78 is 17.9. The van der Waals surface area contributed by atoms with E-state index in [0.29, 0.717) is 5.75 Å². The lowest BCUT2D eigenvalue weighted by Crippen LogP contribution is -2.43. The van der Waals surface area contributed by atoms with Crippen LogP contribution in [0.25, 0.3) is 0 Å². The average molecular weight is 380 g/mol. The van der Waals surface area contributed by atoms with Crippen LogP contribution in [0, 0.1) is 0 Å². The highest BCUT2D eigenvalue weighted by Gasteiger charge is 2.44.